The SMILES string of the molecule is O=C(C=Cc1ccc(/C=C(/C(=O)N2CCOCC2)c2ccc(F)cc2)cc1)NCc1ccc(C(=O)NO)cc1. The standard InChI is InChI=1S/C30H28FN3O5/c31-26-12-10-24(11-13-26)27(30(37)34-15-17-39-18-16-34)19-22-3-1-21(2-4-22)7-14-28(35)32-20-23-5-8-25(9-6-23)29(36)33-38/h1-14,19,38H,15-18,20H2,(H,32,35)(H,33,36)/b14-7?,27-19+. The summed E-state index contributed by atoms with van der Waals surface area (Å²) in [5.41, 5.74) is 5.34. The number of halogens is 1. The summed E-state index contributed by atoms with van der Waals surface area (Å²) in [6.45, 7) is 2.22. The molecule has 3 aromatic rings. The number of ether oxygens (including phenoxy) is 1. The molecular formula is C30H28FN3O5. The molecule has 1 saturated heterocycles. The van der Waals surface area contributed by atoms with Crippen LogP contribution in [0.1, 0.15) is 32.6 Å². The van der Waals surface area contributed by atoms with Crippen LogP contribution in [0.5, 0.6) is 0 Å². The fraction of sp³-hybridized carbons (Fsp3) is 0.167. The second-order valence-electron chi connectivity index (χ2n) is 8.83. The fourth-order valence-electron chi connectivity index (χ4n) is 3.96. The molecule has 39 heavy (non-hydrogen) atoms. The maximum absolute atomic E-state index is 13.5. The maximum Gasteiger partial charge on any atom is 0.274 e. The van der Waals surface area contributed by atoms with Crippen LogP contribution in [0.2, 0.25) is 0 Å². The van der Waals surface area contributed by atoms with Crippen molar-refractivity contribution in [2.24, 2.45) is 0 Å². The lowest BCUT2D eigenvalue weighted by molar-refractivity contribution is -0.128. The van der Waals surface area contributed by atoms with E-state index in [-0.39, 0.29) is 24.2 Å². The van der Waals surface area contributed by atoms with Gasteiger partial charge in [-0.25, -0.2) is 9.87 Å². The Kier molecular flexibility index (Phi) is 9.34. The number of morpholine rings is 1. The van der Waals surface area contributed by atoms with Crippen LogP contribution >= 0.6 is 0 Å². The van der Waals surface area contributed by atoms with Crippen molar-refractivity contribution in [2.45, 2.75) is 6.54 Å². The average Bonchev–Trinajstić information content (AvgIpc) is 2.99. The zero-order chi connectivity index (χ0) is 27.6. The minimum atomic E-state index is -0.606. The van der Waals surface area contributed by atoms with Gasteiger partial charge in [0, 0.05) is 36.8 Å². The van der Waals surface area contributed by atoms with Gasteiger partial charge in [0.15, 0.2) is 0 Å². The lowest BCUT2D eigenvalue weighted by Gasteiger charge is -2.28. The van der Waals surface area contributed by atoms with Crippen molar-refractivity contribution in [1.29, 1.82) is 0 Å². The number of nitrogens with one attached hydrogen (secondary N) is 2. The summed E-state index contributed by atoms with van der Waals surface area (Å²) in [5.74, 6) is -1.41. The monoisotopic (exact) mass is 529 g/mol. The normalized spacial score (nSPS) is 13.8. The molecule has 1 heterocycles. The van der Waals surface area contributed by atoms with Gasteiger partial charge in [-0.05, 0) is 58.7 Å². The van der Waals surface area contributed by atoms with E-state index in [1.165, 1.54) is 18.2 Å². The summed E-state index contributed by atoms with van der Waals surface area (Å²) >= 11 is 0. The molecule has 0 spiro atoms. The highest BCUT2D eigenvalue weighted by atomic mass is 19.1. The van der Waals surface area contributed by atoms with Crippen LogP contribution in [0.25, 0.3) is 17.7 Å². The highest BCUT2D eigenvalue weighted by Crippen LogP contribution is 2.22. The molecule has 4 rings (SSSR count). The Morgan fingerprint density at radius 1 is 0.872 bits per heavy atom. The molecular weight excluding hydrogens is 501 g/mol. The number of hydrogen-bond donors (Lipinski definition) is 3. The second-order valence-corrected chi connectivity index (χ2v) is 8.83. The Labute approximate surface area is 225 Å². The van der Waals surface area contributed by atoms with E-state index in [0.29, 0.717) is 43.0 Å². The average molecular weight is 530 g/mol. The summed E-state index contributed by atoms with van der Waals surface area (Å²) in [4.78, 5) is 38.6. The molecule has 0 saturated carbocycles. The minimum Gasteiger partial charge on any atom is -0.378 e. The van der Waals surface area contributed by atoms with Crippen LogP contribution in [0.15, 0.2) is 78.9 Å². The van der Waals surface area contributed by atoms with Crippen LogP contribution in [0, 0.1) is 5.82 Å². The summed E-state index contributed by atoms with van der Waals surface area (Å²) < 4.78 is 18.9. The Morgan fingerprint density at radius 2 is 1.49 bits per heavy atom. The van der Waals surface area contributed by atoms with Gasteiger partial charge in [0.2, 0.25) is 5.91 Å². The van der Waals surface area contributed by atoms with Crippen molar-refractivity contribution in [3.05, 3.63) is 113 Å². The Balaban J connectivity index is 1.41. The van der Waals surface area contributed by atoms with Gasteiger partial charge in [-0.15, -0.1) is 0 Å². The molecule has 3 N–H and O–H groups in total. The number of benzene rings is 3. The van der Waals surface area contributed by atoms with Crippen LogP contribution in [0.3, 0.4) is 0 Å². The van der Waals surface area contributed by atoms with Crippen molar-refractivity contribution >= 4 is 35.4 Å². The first-order valence-electron chi connectivity index (χ1n) is 12.4. The zero-order valence-electron chi connectivity index (χ0n) is 21.1. The molecule has 3 amide bonds. The van der Waals surface area contributed by atoms with Gasteiger partial charge in [-0.3, -0.25) is 19.6 Å². The van der Waals surface area contributed by atoms with Crippen molar-refractivity contribution in [1.82, 2.24) is 15.7 Å². The fourth-order valence-corrected chi connectivity index (χ4v) is 3.96. The first-order chi connectivity index (χ1) is 18.9. The topological polar surface area (TPSA) is 108 Å². The lowest BCUT2D eigenvalue weighted by Crippen LogP contribution is -2.41. The predicted octanol–water partition coefficient (Wildman–Crippen LogP) is 3.67. The largest absolute Gasteiger partial charge is 0.378 e. The second kappa shape index (κ2) is 13.3. The van der Waals surface area contributed by atoms with E-state index in [9.17, 15) is 18.8 Å². The van der Waals surface area contributed by atoms with Gasteiger partial charge in [-0.2, -0.15) is 0 Å². The zero-order valence-corrected chi connectivity index (χ0v) is 21.1. The molecule has 0 unspecified atom stereocenters. The molecule has 200 valence electrons. The van der Waals surface area contributed by atoms with E-state index in [2.05, 4.69) is 5.32 Å². The molecule has 0 aromatic heterocycles. The van der Waals surface area contributed by atoms with E-state index in [0.717, 1.165) is 16.7 Å². The quantitative estimate of drug-likeness (QED) is 0.179. The summed E-state index contributed by atoms with van der Waals surface area (Å²) in [6.07, 6.45) is 4.88. The van der Waals surface area contributed by atoms with Gasteiger partial charge < -0.3 is 15.0 Å². The number of rotatable bonds is 8. The van der Waals surface area contributed by atoms with E-state index in [1.807, 2.05) is 24.3 Å². The summed E-state index contributed by atoms with van der Waals surface area (Å²) in [7, 11) is 0. The molecule has 1 fully saturated rings. The molecule has 0 radical (unpaired) electrons. The van der Waals surface area contributed by atoms with Gasteiger partial charge in [0.1, 0.15) is 5.82 Å². The van der Waals surface area contributed by atoms with E-state index in [4.69, 9.17) is 9.94 Å². The van der Waals surface area contributed by atoms with Crippen molar-refractivity contribution in [2.75, 3.05) is 26.3 Å². The molecule has 0 bridgehead atoms. The smallest absolute Gasteiger partial charge is 0.274 e. The Hall–Kier alpha value is -4.60. The Morgan fingerprint density at radius 3 is 2.13 bits per heavy atom. The van der Waals surface area contributed by atoms with Gasteiger partial charge in [0.25, 0.3) is 11.8 Å². The number of nitrogens with zero attached hydrogens (tertiary/aromatic N) is 1. The molecule has 1 aliphatic rings. The van der Waals surface area contributed by atoms with Gasteiger partial charge >= 0.3 is 0 Å². The molecule has 3 aromatic carbocycles. The third-order valence-corrected chi connectivity index (χ3v) is 6.14. The molecule has 8 nitrogen and oxygen atoms in total. The predicted molar refractivity (Wildman–Crippen MR) is 145 cm³/mol. The number of hydroxylamine groups is 1. The maximum atomic E-state index is 13.5. The third kappa shape index (κ3) is 7.70. The van der Waals surface area contributed by atoms with Crippen molar-refractivity contribution < 1.29 is 28.7 Å². The first kappa shape index (κ1) is 27.4. The minimum absolute atomic E-state index is 0.142. The molecule has 0 atom stereocenters. The highest BCUT2D eigenvalue weighted by Gasteiger charge is 2.22. The number of amides is 3. The highest BCUT2D eigenvalue weighted by molar-refractivity contribution is 6.24. The molecule has 0 aliphatic carbocycles. The van der Waals surface area contributed by atoms with E-state index >= 15 is 0 Å². The van der Waals surface area contributed by atoms with Crippen LogP contribution in [-0.4, -0.2) is 54.1 Å². The molecule has 1 aliphatic heterocycles. The summed E-state index contributed by atoms with van der Waals surface area (Å²) in [6, 6.07) is 19.7. The Bertz CT molecular complexity index is 1360. The summed E-state index contributed by atoms with van der Waals surface area (Å²) in [5, 5.41) is 11.4. The lowest BCUT2D eigenvalue weighted by atomic mass is 10.0. The van der Waals surface area contributed by atoms with Gasteiger partial charge in [-0.1, -0.05) is 48.5 Å². The van der Waals surface area contributed by atoms with E-state index < -0.39 is 5.91 Å². The number of carbonyl (C=O) groups is 3. The van der Waals surface area contributed by atoms with Crippen molar-refractivity contribution in [3.8, 4) is 0 Å². The number of carbonyl (C=O) groups excluding carboxylic acids is 3. The van der Waals surface area contributed by atoms with E-state index in [1.54, 1.807) is 58.9 Å². The van der Waals surface area contributed by atoms with Crippen LogP contribution < -0.4 is 10.8 Å². The van der Waals surface area contributed by atoms with Crippen molar-refractivity contribution in [3.63, 3.8) is 0 Å². The third-order valence-electron chi connectivity index (χ3n) is 6.14. The molecule has 9 heteroatoms. The first-order valence-corrected chi connectivity index (χ1v) is 12.4. The number of hydrogen-bond acceptors (Lipinski definition) is 5. The van der Waals surface area contributed by atoms with Gasteiger partial charge in [0.05, 0.1) is 13.2 Å². The van der Waals surface area contributed by atoms with Crippen LogP contribution in [-0.2, 0) is 20.9 Å². The van der Waals surface area contributed by atoms with Crippen LogP contribution in [0.4, 0.5) is 4.39 Å².